The first-order valence-corrected chi connectivity index (χ1v) is 9.43. The second kappa shape index (κ2) is 11.4. The van der Waals surface area contributed by atoms with Crippen molar-refractivity contribution < 1.29 is 38.4 Å². The van der Waals surface area contributed by atoms with Gasteiger partial charge in [-0.1, -0.05) is 18.2 Å². The molecule has 0 atom stereocenters. The van der Waals surface area contributed by atoms with Gasteiger partial charge in [-0.25, -0.2) is 0 Å². The van der Waals surface area contributed by atoms with Crippen LogP contribution in [0.3, 0.4) is 0 Å². The number of esters is 1. The van der Waals surface area contributed by atoms with E-state index in [2.05, 4.69) is 0 Å². The number of allylic oxidation sites excluding steroid dienone is 1. The van der Waals surface area contributed by atoms with Crippen molar-refractivity contribution in [1.29, 1.82) is 0 Å². The lowest BCUT2D eigenvalue weighted by atomic mass is 10.1. The molecule has 2 aromatic carbocycles. The van der Waals surface area contributed by atoms with Crippen molar-refractivity contribution in [3.05, 3.63) is 53.6 Å². The van der Waals surface area contributed by atoms with Gasteiger partial charge in [0.15, 0.2) is 5.78 Å². The molecule has 0 spiro atoms. The minimum atomic E-state index is -1.00. The summed E-state index contributed by atoms with van der Waals surface area (Å²) >= 11 is 0. The fourth-order valence-electron chi connectivity index (χ4n) is 2.70. The Balaban J connectivity index is 2.30. The highest BCUT2D eigenvalue weighted by atomic mass is 16.5. The van der Waals surface area contributed by atoms with E-state index >= 15 is 0 Å². The lowest BCUT2D eigenvalue weighted by Gasteiger charge is -2.14. The highest BCUT2D eigenvalue weighted by Gasteiger charge is 2.21. The number of hydrogen-bond donors (Lipinski definition) is 1. The van der Waals surface area contributed by atoms with E-state index < -0.39 is 17.7 Å². The van der Waals surface area contributed by atoms with Crippen LogP contribution in [0.15, 0.2) is 42.5 Å². The van der Waals surface area contributed by atoms with Crippen LogP contribution in [0.25, 0.3) is 6.08 Å². The normalized spacial score (nSPS) is 10.5. The van der Waals surface area contributed by atoms with Gasteiger partial charge in [0.05, 0.1) is 21.3 Å². The topological polar surface area (TPSA) is 108 Å². The standard InChI is InChI=1S/C23H24O8/c1-28-16-10-7-15(8-11-16)9-12-18(24)23-19(30-3)13-17(29-2)14-20(23)31-22(27)6-4-5-21(25)26/h7-14H,4-6H2,1-3H3,(H,25,26). The van der Waals surface area contributed by atoms with E-state index in [1.54, 1.807) is 37.5 Å². The lowest BCUT2D eigenvalue weighted by Crippen LogP contribution is -2.12. The Labute approximate surface area is 180 Å². The number of carboxylic acid groups (broad SMARTS) is 1. The van der Waals surface area contributed by atoms with E-state index in [-0.39, 0.29) is 36.3 Å². The van der Waals surface area contributed by atoms with Gasteiger partial charge in [-0.15, -0.1) is 0 Å². The van der Waals surface area contributed by atoms with Gasteiger partial charge >= 0.3 is 11.9 Å². The molecule has 0 saturated carbocycles. The predicted octanol–water partition coefficient (Wildman–Crippen LogP) is 3.77. The minimum absolute atomic E-state index is 0.0269. The zero-order valence-corrected chi connectivity index (χ0v) is 17.5. The molecule has 0 bridgehead atoms. The Kier molecular flexibility index (Phi) is 8.63. The molecule has 0 saturated heterocycles. The van der Waals surface area contributed by atoms with E-state index in [1.165, 1.54) is 32.4 Å². The SMILES string of the molecule is COc1ccc(C=CC(=O)c2c(OC)cc(OC)cc2OC(=O)CCCC(=O)O)cc1. The summed E-state index contributed by atoms with van der Waals surface area (Å²) in [6, 6.07) is 10.0. The average Bonchev–Trinajstić information content (AvgIpc) is 2.76. The molecule has 2 rings (SSSR count). The molecule has 0 aliphatic carbocycles. The molecule has 0 heterocycles. The zero-order chi connectivity index (χ0) is 22.8. The van der Waals surface area contributed by atoms with Crippen LogP contribution >= 0.6 is 0 Å². The first kappa shape index (κ1) is 23.5. The molecular weight excluding hydrogens is 404 g/mol. The third-order valence-corrected chi connectivity index (χ3v) is 4.28. The van der Waals surface area contributed by atoms with Crippen LogP contribution in [-0.2, 0) is 9.59 Å². The number of carbonyl (C=O) groups excluding carboxylic acids is 2. The van der Waals surface area contributed by atoms with Crippen molar-refractivity contribution in [2.24, 2.45) is 0 Å². The third-order valence-electron chi connectivity index (χ3n) is 4.28. The summed E-state index contributed by atoms with van der Waals surface area (Å²) in [6.07, 6.45) is 2.81. The van der Waals surface area contributed by atoms with Crippen LogP contribution in [-0.4, -0.2) is 44.2 Å². The largest absolute Gasteiger partial charge is 0.497 e. The van der Waals surface area contributed by atoms with E-state index in [1.807, 2.05) is 0 Å². The summed E-state index contributed by atoms with van der Waals surface area (Å²) in [5.41, 5.74) is 0.827. The predicted molar refractivity (Wildman–Crippen MR) is 113 cm³/mol. The number of methoxy groups -OCH3 is 3. The van der Waals surface area contributed by atoms with Crippen molar-refractivity contribution in [3.8, 4) is 23.0 Å². The third kappa shape index (κ3) is 6.88. The van der Waals surface area contributed by atoms with Gasteiger partial charge in [0.2, 0.25) is 0 Å². The molecule has 2 aromatic rings. The molecule has 0 fully saturated rings. The number of carbonyl (C=O) groups is 3. The quantitative estimate of drug-likeness (QED) is 0.249. The summed E-state index contributed by atoms with van der Waals surface area (Å²) in [6.45, 7) is 0. The van der Waals surface area contributed by atoms with E-state index in [0.717, 1.165) is 5.56 Å². The molecule has 0 amide bonds. The minimum Gasteiger partial charge on any atom is -0.497 e. The maximum absolute atomic E-state index is 12.9. The molecule has 1 N–H and O–H groups in total. The van der Waals surface area contributed by atoms with Gasteiger partial charge in [-0.2, -0.15) is 0 Å². The van der Waals surface area contributed by atoms with E-state index in [4.69, 9.17) is 24.1 Å². The maximum atomic E-state index is 12.9. The first-order chi connectivity index (χ1) is 14.9. The number of aliphatic carboxylic acids is 1. The van der Waals surface area contributed by atoms with Gasteiger partial charge in [-0.3, -0.25) is 14.4 Å². The summed E-state index contributed by atoms with van der Waals surface area (Å²) in [5, 5.41) is 8.71. The second-order valence-corrected chi connectivity index (χ2v) is 6.39. The summed E-state index contributed by atoms with van der Waals surface area (Å²) < 4.78 is 21.0. The fourth-order valence-corrected chi connectivity index (χ4v) is 2.70. The van der Waals surface area contributed by atoms with Crippen LogP contribution in [0.1, 0.15) is 35.2 Å². The van der Waals surface area contributed by atoms with Gasteiger partial charge in [-0.05, 0) is 30.2 Å². The van der Waals surface area contributed by atoms with Crippen molar-refractivity contribution >= 4 is 23.8 Å². The van der Waals surface area contributed by atoms with Gasteiger partial charge in [0.25, 0.3) is 0 Å². The van der Waals surface area contributed by atoms with Crippen LogP contribution < -0.4 is 18.9 Å². The van der Waals surface area contributed by atoms with Gasteiger partial charge in [0.1, 0.15) is 28.6 Å². The lowest BCUT2D eigenvalue weighted by molar-refractivity contribution is -0.137. The van der Waals surface area contributed by atoms with Crippen molar-refractivity contribution in [2.75, 3.05) is 21.3 Å². The van der Waals surface area contributed by atoms with E-state index in [9.17, 15) is 14.4 Å². The van der Waals surface area contributed by atoms with Crippen LogP contribution in [0.2, 0.25) is 0 Å². The number of hydrogen-bond acceptors (Lipinski definition) is 7. The first-order valence-electron chi connectivity index (χ1n) is 9.43. The Morgan fingerprint density at radius 2 is 1.52 bits per heavy atom. The Morgan fingerprint density at radius 3 is 2.10 bits per heavy atom. The Bertz CT molecular complexity index is 960. The molecule has 0 unspecified atom stereocenters. The average molecular weight is 428 g/mol. The highest BCUT2D eigenvalue weighted by molar-refractivity contribution is 6.11. The molecule has 0 aliphatic rings. The number of ketones is 1. The number of ether oxygens (including phenoxy) is 4. The fraction of sp³-hybridized carbons (Fsp3) is 0.261. The molecule has 8 heteroatoms. The summed E-state index contributed by atoms with van der Waals surface area (Å²) in [4.78, 5) is 35.7. The smallest absolute Gasteiger partial charge is 0.311 e. The van der Waals surface area contributed by atoms with Crippen molar-refractivity contribution in [2.45, 2.75) is 19.3 Å². The van der Waals surface area contributed by atoms with Crippen LogP contribution in [0, 0.1) is 0 Å². The number of carboxylic acids is 1. The van der Waals surface area contributed by atoms with Crippen LogP contribution in [0.4, 0.5) is 0 Å². The molecular formula is C23H24O8. The molecule has 0 aromatic heterocycles. The number of benzene rings is 2. The highest BCUT2D eigenvalue weighted by Crippen LogP contribution is 2.35. The van der Waals surface area contributed by atoms with E-state index in [0.29, 0.717) is 11.5 Å². The maximum Gasteiger partial charge on any atom is 0.311 e. The summed E-state index contributed by atoms with van der Waals surface area (Å²) in [7, 11) is 4.38. The molecule has 0 radical (unpaired) electrons. The molecule has 164 valence electrons. The van der Waals surface area contributed by atoms with Gasteiger partial charge in [0, 0.05) is 25.0 Å². The van der Waals surface area contributed by atoms with Gasteiger partial charge < -0.3 is 24.1 Å². The van der Waals surface area contributed by atoms with Crippen LogP contribution in [0.5, 0.6) is 23.0 Å². The Hall–Kier alpha value is -3.81. The molecule has 31 heavy (non-hydrogen) atoms. The molecule has 8 nitrogen and oxygen atoms in total. The second-order valence-electron chi connectivity index (χ2n) is 6.39. The summed E-state index contributed by atoms with van der Waals surface area (Å²) in [5.74, 6) is -0.931. The number of rotatable bonds is 11. The molecule has 0 aliphatic heterocycles. The monoisotopic (exact) mass is 428 g/mol. The van der Waals surface area contributed by atoms with Crippen molar-refractivity contribution in [3.63, 3.8) is 0 Å². The zero-order valence-electron chi connectivity index (χ0n) is 17.5. The van der Waals surface area contributed by atoms with Crippen molar-refractivity contribution in [1.82, 2.24) is 0 Å². The Morgan fingerprint density at radius 1 is 0.871 bits per heavy atom.